The molecule has 7 nitrogen and oxygen atoms in total. The first-order valence-electron chi connectivity index (χ1n) is 6.29. The SMILES string of the molecule is CN(CC1CCCOC1)c1cnc(C(N)=NO)cn1. The molecule has 1 unspecified atom stereocenters. The molecule has 0 aliphatic carbocycles. The van der Waals surface area contributed by atoms with Gasteiger partial charge >= 0.3 is 0 Å². The van der Waals surface area contributed by atoms with Crippen LogP contribution in [0.5, 0.6) is 0 Å². The highest BCUT2D eigenvalue weighted by Crippen LogP contribution is 2.17. The van der Waals surface area contributed by atoms with Gasteiger partial charge in [-0.05, 0) is 18.8 Å². The number of nitrogens with zero attached hydrogens (tertiary/aromatic N) is 4. The summed E-state index contributed by atoms with van der Waals surface area (Å²) in [5, 5.41) is 11.4. The molecule has 7 heteroatoms. The molecule has 3 N–H and O–H groups in total. The normalized spacial score (nSPS) is 20.3. The molecule has 2 rings (SSSR count). The summed E-state index contributed by atoms with van der Waals surface area (Å²) in [6.45, 7) is 2.56. The van der Waals surface area contributed by atoms with E-state index in [9.17, 15) is 0 Å². The van der Waals surface area contributed by atoms with E-state index in [0.29, 0.717) is 11.6 Å². The maximum absolute atomic E-state index is 8.55. The van der Waals surface area contributed by atoms with Crippen molar-refractivity contribution in [1.29, 1.82) is 0 Å². The Balaban J connectivity index is 1.96. The number of rotatable bonds is 4. The molecule has 0 radical (unpaired) electrons. The first-order valence-corrected chi connectivity index (χ1v) is 6.29. The van der Waals surface area contributed by atoms with Crippen LogP contribution in [0, 0.1) is 5.92 Å². The molecule has 1 aromatic heterocycles. The number of oxime groups is 1. The summed E-state index contributed by atoms with van der Waals surface area (Å²) < 4.78 is 5.46. The standard InChI is InChI=1S/C12H19N5O2/c1-17(7-9-3-2-4-19-8-9)11-6-14-10(5-15-11)12(13)16-18/h5-6,9,18H,2-4,7-8H2,1H3,(H2,13,16). The quantitative estimate of drug-likeness (QED) is 0.355. The molecule has 0 aromatic carbocycles. The van der Waals surface area contributed by atoms with E-state index in [1.165, 1.54) is 12.6 Å². The van der Waals surface area contributed by atoms with Gasteiger partial charge in [-0.2, -0.15) is 0 Å². The molecular formula is C12H19N5O2. The zero-order valence-electron chi connectivity index (χ0n) is 11.0. The number of nitrogens with two attached hydrogens (primary N) is 1. The van der Waals surface area contributed by atoms with E-state index in [2.05, 4.69) is 15.1 Å². The van der Waals surface area contributed by atoms with Crippen molar-refractivity contribution in [3.05, 3.63) is 18.1 Å². The van der Waals surface area contributed by atoms with Crippen LogP contribution in [-0.2, 0) is 4.74 Å². The van der Waals surface area contributed by atoms with Gasteiger partial charge < -0.3 is 20.6 Å². The minimum absolute atomic E-state index is 0.0395. The average Bonchev–Trinajstić information content (AvgIpc) is 2.47. The topological polar surface area (TPSA) is 96.9 Å². The Labute approximate surface area is 112 Å². The Hall–Kier alpha value is -1.89. The Morgan fingerprint density at radius 3 is 3.00 bits per heavy atom. The molecule has 2 heterocycles. The number of amidine groups is 1. The van der Waals surface area contributed by atoms with E-state index in [1.54, 1.807) is 6.20 Å². The fourth-order valence-electron chi connectivity index (χ4n) is 2.13. The molecule has 0 bridgehead atoms. The number of ether oxygens (including phenoxy) is 1. The van der Waals surface area contributed by atoms with Gasteiger partial charge in [-0.1, -0.05) is 5.16 Å². The van der Waals surface area contributed by atoms with E-state index in [-0.39, 0.29) is 5.84 Å². The van der Waals surface area contributed by atoms with Crippen molar-refractivity contribution in [1.82, 2.24) is 9.97 Å². The Kier molecular flexibility index (Phi) is 4.51. The second-order valence-electron chi connectivity index (χ2n) is 4.71. The smallest absolute Gasteiger partial charge is 0.190 e. The van der Waals surface area contributed by atoms with Crippen LogP contribution in [0.4, 0.5) is 5.82 Å². The fraction of sp³-hybridized carbons (Fsp3) is 0.583. The third-order valence-electron chi connectivity index (χ3n) is 3.19. The lowest BCUT2D eigenvalue weighted by Crippen LogP contribution is -2.31. The van der Waals surface area contributed by atoms with Crippen LogP contribution in [0.25, 0.3) is 0 Å². The molecule has 1 atom stereocenters. The predicted molar refractivity (Wildman–Crippen MR) is 71.4 cm³/mol. The number of aromatic nitrogens is 2. The lowest BCUT2D eigenvalue weighted by molar-refractivity contribution is 0.0576. The molecule has 0 spiro atoms. The van der Waals surface area contributed by atoms with Gasteiger partial charge in [0.05, 0.1) is 19.0 Å². The minimum atomic E-state index is -0.0395. The second kappa shape index (κ2) is 6.33. The van der Waals surface area contributed by atoms with Crippen LogP contribution < -0.4 is 10.6 Å². The van der Waals surface area contributed by atoms with E-state index in [4.69, 9.17) is 15.7 Å². The molecule has 1 saturated heterocycles. The van der Waals surface area contributed by atoms with Gasteiger partial charge in [0, 0.05) is 20.2 Å². The number of hydrogen-bond acceptors (Lipinski definition) is 6. The molecule has 1 aliphatic heterocycles. The zero-order chi connectivity index (χ0) is 13.7. The van der Waals surface area contributed by atoms with Crippen molar-refractivity contribution in [3.8, 4) is 0 Å². The van der Waals surface area contributed by atoms with E-state index in [1.807, 2.05) is 11.9 Å². The summed E-state index contributed by atoms with van der Waals surface area (Å²) in [4.78, 5) is 10.4. The van der Waals surface area contributed by atoms with Gasteiger partial charge in [0.15, 0.2) is 5.84 Å². The van der Waals surface area contributed by atoms with Crippen LogP contribution in [0.3, 0.4) is 0 Å². The van der Waals surface area contributed by atoms with Crippen molar-refractivity contribution in [2.75, 3.05) is 31.7 Å². The van der Waals surface area contributed by atoms with Crippen LogP contribution in [0.1, 0.15) is 18.5 Å². The van der Waals surface area contributed by atoms with Gasteiger partial charge in [-0.15, -0.1) is 0 Å². The summed E-state index contributed by atoms with van der Waals surface area (Å²) in [5.41, 5.74) is 5.80. The van der Waals surface area contributed by atoms with E-state index < -0.39 is 0 Å². The summed E-state index contributed by atoms with van der Waals surface area (Å²) in [6, 6.07) is 0. The Bertz CT molecular complexity index is 428. The van der Waals surface area contributed by atoms with Gasteiger partial charge in [0.2, 0.25) is 0 Å². The van der Waals surface area contributed by atoms with Gasteiger partial charge in [0.1, 0.15) is 11.5 Å². The van der Waals surface area contributed by atoms with Crippen molar-refractivity contribution < 1.29 is 9.94 Å². The second-order valence-corrected chi connectivity index (χ2v) is 4.71. The lowest BCUT2D eigenvalue weighted by atomic mass is 10.0. The average molecular weight is 265 g/mol. The predicted octanol–water partition coefficient (Wildman–Crippen LogP) is 0.434. The van der Waals surface area contributed by atoms with Crippen LogP contribution in [0.15, 0.2) is 17.5 Å². The van der Waals surface area contributed by atoms with E-state index >= 15 is 0 Å². The molecule has 19 heavy (non-hydrogen) atoms. The minimum Gasteiger partial charge on any atom is -0.409 e. The van der Waals surface area contributed by atoms with Crippen molar-refractivity contribution in [3.63, 3.8) is 0 Å². The van der Waals surface area contributed by atoms with Crippen LogP contribution >= 0.6 is 0 Å². The molecular weight excluding hydrogens is 246 g/mol. The number of anilines is 1. The highest BCUT2D eigenvalue weighted by Gasteiger charge is 2.17. The third-order valence-corrected chi connectivity index (χ3v) is 3.19. The summed E-state index contributed by atoms with van der Waals surface area (Å²) >= 11 is 0. The Morgan fingerprint density at radius 2 is 2.42 bits per heavy atom. The third kappa shape index (κ3) is 3.54. The summed E-state index contributed by atoms with van der Waals surface area (Å²) in [7, 11) is 1.97. The first kappa shape index (κ1) is 13.5. The van der Waals surface area contributed by atoms with Crippen LogP contribution in [0.2, 0.25) is 0 Å². The van der Waals surface area contributed by atoms with Crippen LogP contribution in [-0.4, -0.2) is 47.8 Å². The molecule has 1 fully saturated rings. The molecule has 0 saturated carbocycles. The highest BCUT2D eigenvalue weighted by molar-refractivity contribution is 5.94. The molecule has 1 aromatic rings. The lowest BCUT2D eigenvalue weighted by Gasteiger charge is -2.27. The fourth-order valence-corrected chi connectivity index (χ4v) is 2.13. The van der Waals surface area contributed by atoms with Gasteiger partial charge in [-0.3, -0.25) is 0 Å². The van der Waals surface area contributed by atoms with E-state index in [0.717, 1.165) is 32.0 Å². The largest absolute Gasteiger partial charge is 0.409 e. The number of hydrogen-bond donors (Lipinski definition) is 2. The zero-order valence-corrected chi connectivity index (χ0v) is 11.0. The maximum atomic E-state index is 8.55. The van der Waals surface area contributed by atoms with Gasteiger partial charge in [-0.25, -0.2) is 9.97 Å². The van der Waals surface area contributed by atoms with Gasteiger partial charge in [0.25, 0.3) is 0 Å². The molecule has 104 valence electrons. The maximum Gasteiger partial charge on any atom is 0.190 e. The van der Waals surface area contributed by atoms with Crippen molar-refractivity contribution in [2.45, 2.75) is 12.8 Å². The monoisotopic (exact) mass is 265 g/mol. The van der Waals surface area contributed by atoms with Crippen molar-refractivity contribution >= 4 is 11.7 Å². The summed E-state index contributed by atoms with van der Waals surface area (Å²) in [5.74, 6) is 1.26. The molecule has 1 aliphatic rings. The Morgan fingerprint density at radius 1 is 1.58 bits per heavy atom. The highest BCUT2D eigenvalue weighted by atomic mass is 16.5. The van der Waals surface area contributed by atoms with Crippen molar-refractivity contribution in [2.24, 2.45) is 16.8 Å². The first-order chi connectivity index (χ1) is 9.20. The summed E-state index contributed by atoms with van der Waals surface area (Å²) in [6.07, 6.45) is 5.42. The molecule has 0 amide bonds.